The summed E-state index contributed by atoms with van der Waals surface area (Å²) in [4.78, 5) is 13.6. The molecule has 1 amide bonds. The van der Waals surface area contributed by atoms with Crippen LogP contribution < -0.4 is 15.2 Å². The van der Waals surface area contributed by atoms with E-state index in [-0.39, 0.29) is 11.8 Å². The molecule has 1 fully saturated rings. The number of likely N-dealkylation sites (tertiary alicyclic amines) is 1. The van der Waals surface area contributed by atoms with Crippen molar-refractivity contribution >= 4 is 5.91 Å². The quantitative estimate of drug-likeness (QED) is 0.884. The van der Waals surface area contributed by atoms with Gasteiger partial charge in [-0.1, -0.05) is 12.1 Å². The van der Waals surface area contributed by atoms with Crippen LogP contribution in [0, 0.1) is 5.92 Å². The second-order valence-corrected chi connectivity index (χ2v) is 5.13. The number of para-hydroxylation sites is 1. The lowest BCUT2D eigenvalue weighted by Gasteiger charge is -2.31. The van der Waals surface area contributed by atoms with Crippen LogP contribution in [0.15, 0.2) is 18.2 Å². The van der Waals surface area contributed by atoms with Crippen molar-refractivity contribution in [1.29, 1.82) is 0 Å². The van der Waals surface area contributed by atoms with Crippen LogP contribution >= 0.6 is 0 Å². The van der Waals surface area contributed by atoms with E-state index in [1.54, 1.807) is 14.2 Å². The summed E-state index contributed by atoms with van der Waals surface area (Å²) in [5.41, 5.74) is 6.48. The van der Waals surface area contributed by atoms with Gasteiger partial charge in [-0.15, -0.1) is 0 Å². The van der Waals surface area contributed by atoms with Gasteiger partial charge in [-0.2, -0.15) is 0 Å². The number of piperidine rings is 1. The van der Waals surface area contributed by atoms with Crippen molar-refractivity contribution in [2.45, 2.75) is 19.4 Å². The van der Waals surface area contributed by atoms with Gasteiger partial charge in [-0.05, 0) is 25.5 Å². The number of primary amides is 1. The minimum Gasteiger partial charge on any atom is -0.493 e. The van der Waals surface area contributed by atoms with E-state index < -0.39 is 0 Å². The molecule has 0 aromatic heterocycles. The minimum atomic E-state index is -0.202. The number of hydrogen-bond donors (Lipinski definition) is 1. The Morgan fingerprint density at radius 2 is 2.20 bits per heavy atom. The highest BCUT2D eigenvalue weighted by molar-refractivity contribution is 5.76. The maximum Gasteiger partial charge on any atom is 0.221 e. The molecule has 0 saturated carbocycles. The first-order chi connectivity index (χ1) is 9.65. The number of benzene rings is 1. The first-order valence-electron chi connectivity index (χ1n) is 6.87. The molecule has 1 aromatic carbocycles. The topological polar surface area (TPSA) is 64.8 Å². The number of rotatable bonds is 5. The second kappa shape index (κ2) is 6.61. The molecule has 1 unspecified atom stereocenters. The molecule has 1 aromatic rings. The lowest BCUT2D eigenvalue weighted by molar-refractivity contribution is -0.123. The fourth-order valence-corrected chi connectivity index (χ4v) is 2.75. The molecule has 0 spiro atoms. The number of nitrogens with zero attached hydrogens (tertiary/aromatic N) is 1. The van der Waals surface area contributed by atoms with Gasteiger partial charge in [0.15, 0.2) is 11.5 Å². The van der Waals surface area contributed by atoms with E-state index in [1.165, 1.54) is 0 Å². The molecule has 2 rings (SSSR count). The zero-order chi connectivity index (χ0) is 14.5. The monoisotopic (exact) mass is 278 g/mol. The van der Waals surface area contributed by atoms with Gasteiger partial charge in [0.25, 0.3) is 0 Å². The van der Waals surface area contributed by atoms with Gasteiger partial charge in [-0.3, -0.25) is 9.69 Å². The molecule has 5 nitrogen and oxygen atoms in total. The summed E-state index contributed by atoms with van der Waals surface area (Å²) in [5, 5.41) is 0. The summed E-state index contributed by atoms with van der Waals surface area (Å²) < 4.78 is 10.7. The average molecular weight is 278 g/mol. The average Bonchev–Trinajstić information content (AvgIpc) is 2.47. The summed E-state index contributed by atoms with van der Waals surface area (Å²) in [7, 11) is 3.27. The third-order valence-electron chi connectivity index (χ3n) is 3.79. The zero-order valence-electron chi connectivity index (χ0n) is 12.1. The third kappa shape index (κ3) is 3.22. The minimum absolute atomic E-state index is 0.0413. The van der Waals surface area contributed by atoms with E-state index in [9.17, 15) is 4.79 Å². The number of ether oxygens (including phenoxy) is 2. The van der Waals surface area contributed by atoms with Crippen molar-refractivity contribution in [1.82, 2.24) is 4.90 Å². The van der Waals surface area contributed by atoms with Gasteiger partial charge < -0.3 is 15.2 Å². The summed E-state index contributed by atoms with van der Waals surface area (Å²) >= 11 is 0. The first-order valence-corrected chi connectivity index (χ1v) is 6.87. The largest absolute Gasteiger partial charge is 0.493 e. The van der Waals surface area contributed by atoms with Crippen molar-refractivity contribution in [2.75, 3.05) is 27.3 Å². The Labute approximate surface area is 119 Å². The fraction of sp³-hybridized carbons (Fsp3) is 0.533. The molecule has 0 bridgehead atoms. The van der Waals surface area contributed by atoms with E-state index in [2.05, 4.69) is 4.90 Å². The van der Waals surface area contributed by atoms with Crippen molar-refractivity contribution in [3.05, 3.63) is 23.8 Å². The maximum atomic E-state index is 11.3. The number of nitrogens with two attached hydrogens (primary N) is 1. The van der Waals surface area contributed by atoms with Crippen LogP contribution in [-0.2, 0) is 11.3 Å². The normalized spacial score (nSPS) is 19.6. The van der Waals surface area contributed by atoms with Crippen molar-refractivity contribution in [2.24, 2.45) is 11.7 Å². The SMILES string of the molecule is COc1cccc(CN2CCCC(C(N)=O)C2)c1OC. The van der Waals surface area contributed by atoms with E-state index in [0.717, 1.165) is 49.5 Å². The van der Waals surface area contributed by atoms with E-state index in [4.69, 9.17) is 15.2 Å². The Hall–Kier alpha value is -1.75. The van der Waals surface area contributed by atoms with Crippen molar-refractivity contribution < 1.29 is 14.3 Å². The lowest BCUT2D eigenvalue weighted by atomic mass is 9.97. The van der Waals surface area contributed by atoms with Gasteiger partial charge in [0, 0.05) is 18.7 Å². The summed E-state index contributed by atoms with van der Waals surface area (Å²) in [6.45, 7) is 2.43. The van der Waals surface area contributed by atoms with Gasteiger partial charge in [-0.25, -0.2) is 0 Å². The Balaban J connectivity index is 2.11. The van der Waals surface area contributed by atoms with Crippen LogP contribution in [0.3, 0.4) is 0 Å². The predicted octanol–water partition coefficient (Wildman–Crippen LogP) is 1.40. The highest BCUT2D eigenvalue weighted by Crippen LogP contribution is 2.32. The number of hydrogen-bond acceptors (Lipinski definition) is 4. The Morgan fingerprint density at radius 1 is 1.40 bits per heavy atom. The molecular weight excluding hydrogens is 256 g/mol. The summed E-state index contributed by atoms with van der Waals surface area (Å²) in [6, 6.07) is 5.85. The second-order valence-electron chi connectivity index (χ2n) is 5.13. The van der Waals surface area contributed by atoms with E-state index >= 15 is 0 Å². The molecule has 1 heterocycles. The number of amides is 1. The van der Waals surface area contributed by atoms with E-state index in [0.29, 0.717) is 0 Å². The van der Waals surface area contributed by atoms with Crippen molar-refractivity contribution in [3.8, 4) is 11.5 Å². The van der Waals surface area contributed by atoms with Crippen LogP contribution in [0.2, 0.25) is 0 Å². The Bertz CT molecular complexity index is 476. The highest BCUT2D eigenvalue weighted by atomic mass is 16.5. The summed E-state index contributed by atoms with van der Waals surface area (Å²) in [5.74, 6) is 1.25. The molecule has 1 aliphatic heterocycles. The molecule has 20 heavy (non-hydrogen) atoms. The number of carbonyl (C=O) groups is 1. The molecule has 2 N–H and O–H groups in total. The number of methoxy groups -OCH3 is 2. The van der Waals surface area contributed by atoms with E-state index in [1.807, 2.05) is 18.2 Å². The fourth-order valence-electron chi connectivity index (χ4n) is 2.75. The molecule has 1 aliphatic rings. The number of carbonyl (C=O) groups excluding carboxylic acids is 1. The van der Waals surface area contributed by atoms with Crippen molar-refractivity contribution in [3.63, 3.8) is 0 Å². The molecule has 0 radical (unpaired) electrons. The van der Waals surface area contributed by atoms with Gasteiger partial charge in [0.05, 0.1) is 20.1 Å². The standard InChI is InChI=1S/C15H22N2O3/c1-19-13-7-3-5-11(14(13)20-2)9-17-8-4-6-12(10-17)15(16)18/h3,5,7,12H,4,6,8-10H2,1-2H3,(H2,16,18). The van der Waals surface area contributed by atoms with Crippen LogP contribution in [0.25, 0.3) is 0 Å². The molecule has 5 heteroatoms. The zero-order valence-corrected chi connectivity index (χ0v) is 12.1. The Morgan fingerprint density at radius 3 is 2.85 bits per heavy atom. The predicted molar refractivity (Wildman–Crippen MR) is 76.7 cm³/mol. The van der Waals surface area contributed by atoms with Crippen LogP contribution in [0.1, 0.15) is 18.4 Å². The first kappa shape index (κ1) is 14.7. The molecule has 0 aliphatic carbocycles. The molecule has 1 saturated heterocycles. The smallest absolute Gasteiger partial charge is 0.221 e. The summed E-state index contributed by atoms with van der Waals surface area (Å²) in [6.07, 6.45) is 1.89. The van der Waals surface area contributed by atoms with Crippen LogP contribution in [0.5, 0.6) is 11.5 Å². The molecular formula is C15H22N2O3. The van der Waals surface area contributed by atoms with Crippen LogP contribution in [-0.4, -0.2) is 38.1 Å². The highest BCUT2D eigenvalue weighted by Gasteiger charge is 2.24. The Kier molecular flexibility index (Phi) is 4.84. The lowest BCUT2D eigenvalue weighted by Crippen LogP contribution is -2.40. The van der Waals surface area contributed by atoms with Gasteiger partial charge >= 0.3 is 0 Å². The van der Waals surface area contributed by atoms with Gasteiger partial charge in [0.1, 0.15) is 0 Å². The molecule has 1 atom stereocenters. The molecule has 110 valence electrons. The van der Waals surface area contributed by atoms with Gasteiger partial charge in [0.2, 0.25) is 5.91 Å². The maximum absolute atomic E-state index is 11.3. The van der Waals surface area contributed by atoms with Crippen LogP contribution in [0.4, 0.5) is 0 Å². The third-order valence-corrected chi connectivity index (χ3v) is 3.79.